The molecule has 1 N–H and O–H groups in total. The number of hydrogen-bond acceptors (Lipinski definition) is 6. The van der Waals surface area contributed by atoms with Gasteiger partial charge in [0.1, 0.15) is 5.54 Å². The van der Waals surface area contributed by atoms with Gasteiger partial charge in [0, 0.05) is 5.56 Å². The van der Waals surface area contributed by atoms with E-state index < -0.39 is 10.8 Å². The van der Waals surface area contributed by atoms with Crippen LogP contribution in [-0.4, -0.2) is 26.9 Å². The molecule has 0 saturated carbocycles. The van der Waals surface area contributed by atoms with Crippen LogP contribution in [0, 0.1) is 17.2 Å². The molecule has 6 nitrogen and oxygen atoms in total. The fraction of sp³-hybridized carbons (Fsp3) is 0.412. The Labute approximate surface area is 145 Å². The summed E-state index contributed by atoms with van der Waals surface area (Å²) in [5, 5.41) is 19.9. The smallest absolute Gasteiger partial charge is 0.277 e. The number of rotatable bonds is 6. The molecule has 126 valence electrons. The number of aromatic nitrogens is 2. The Hall–Kier alpha value is -2.33. The summed E-state index contributed by atoms with van der Waals surface area (Å²) in [6.07, 6.45) is 0. The number of nitrogens with one attached hydrogen (secondary N) is 1. The van der Waals surface area contributed by atoms with Gasteiger partial charge in [0.15, 0.2) is 0 Å². The summed E-state index contributed by atoms with van der Waals surface area (Å²) in [4.78, 5) is 12.3. The van der Waals surface area contributed by atoms with Crippen molar-refractivity contribution >= 4 is 17.7 Å². The summed E-state index contributed by atoms with van der Waals surface area (Å²) in [7, 11) is 0. The SMILES string of the molecule is CC(C)[C@](C)(C#N)NC(=O)[C@H](C)Sc1nnc(-c2ccccc2)o1. The predicted octanol–water partition coefficient (Wildman–Crippen LogP) is 3.27. The summed E-state index contributed by atoms with van der Waals surface area (Å²) in [6, 6.07) is 11.6. The highest BCUT2D eigenvalue weighted by Crippen LogP contribution is 2.26. The number of carbonyl (C=O) groups excluding carboxylic acids is 1. The third-order valence-electron chi connectivity index (χ3n) is 3.84. The van der Waals surface area contributed by atoms with E-state index in [0.717, 1.165) is 5.56 Å². The van der Waals surface area contributed by atoms with E-state index in [0.29, 0.717) is 11.1 Å². The predicted molar refractivity (Wildman–Crippen MR) is 92.1 cm³/mol. The molecule has 1 heterocycles. The van der Waals surface area contributed by atoms with Crippen molar-refractivity contribution in [3.63, 3.8) is 0 Å². The van der Waals surface area contributed by atoms with Gasteiger partial charge in [0.2, 0.25) is 11.8 Å². The van der Waals surface area contributed by atoms with Crippen LogP contribution >= 0.6 is 11.8 Å². The lowest BCUT2D eigenvalue weighted by Gasteiger charge is -2.28. The molecule has 0 saturated heterocycles. The lowest BCUT2D eigenvalue weighted by atomic mass is 9.90. The molecule has 7 heteroatoms. The number of nitrogens with zero attached hydrogens (tertiary/aromatic N) is 3. The minimum absolute atomic E-state index is 0.00302. The molecule has 0 aliphatic carbocycles. The van der Waals surface area contributed by atoms with Crippen LogP contribution in [0.2, 0.25) is 0 Å². The molecule has 0 bridgehead atoms. The van der Waals surface area contributed by atoms with Crippen molar-refractivity contribution in [3.8, 4) is 17.5 Å². The van der Waals surface area contributed by atoms with E-state index >= 15 is 0 Å². The van der Waals surface area contributed by atoms with E-state index in [9.17, 15) is 10.1 Å². The molecule has 2 aromatic rings. The van der Waals surface area contributed by atoms with E-state index in [1.54, 1.807) is 13.8 Å². The van der Waals surface area contributed by atoms with Crippen molar-refractivity contribution in [1.29, 1.82) is 5.26 Å². The van der Waals surface area contributed by atoms with Crippen molar-refractivity contribution in [2.24, 2.45) is 5.92 Å². The van der Waals surface area contributed by atoms with Crippen LogP contribution in [-0.2, 0) is 4.79 Å². The average Bonchev–Trinajstić information content (AvgIpc) is 3.03. The van der Waals surface area contributed by atoms with Crippen molar-refractivity contribution in [1.82, 2.24) is 15.5 Å². The zero-order valence-corrected chi connectivity index (χ0v) is 14.9. The Bertz CT molecular complexity index is 739. The monoisotopic (exact) mass is 344 g/mol. The molecule has 0 unspecified atom stereocenters. The fourth-order valence-electron chi connectivity index (χ4n) is 1.82. The maximum absolute atomic E-state index is 12.3. The third-order valence-corrected chi connectivity index (χ3v) is 4.78. The van der Waals surface area contributed by atoms with Crippen LogP contribution in [0.4, 0.5) is 0 Å². The van der Waals surface area contributed by atoms with Gasteiger partial charge >= 0.3 is 0 Å². The molecule has 24 heavy (non-hydrogen) atoms. The Morgan fingerprint density at radius 1 is 1.29 bits per heavy atom. The highest BCUT2D eigenvalue weighted by molar-refractivity contribution is 8.00. The highest BCUT2D eigenvalue weighted by atomic mass is 32.2. The number of hydrogen-bond donors (Lipinski definition) is 1. The quantitative estimate of drug-likeness (QED) is 0.809. The lowest BCUT2D eigenvalue weighted by molar-refractivity contribution is -0.121. The maximum atomic E-state index is 12.3. The Morgan fingerprint density at radius 3 is 2.54 bits per heavy atom. The molecule has 0 radical (unpaired) electrons. The van der Waals surface area contributed by atoms with E-state index in [-0.39, 0.29) is 11.8 Å². The first-order chi connectivity index (χ1) is 11.4. The third kappa shape index (κ3) is 4.15. The summed E-state index contributed by atoms with van der Waals surface area (Å²) in [6.45, 7) is 7.24. The van der Waals surface area contributed by atoms with E-state index in [1.165, 1.54) is 11.8 Å². The lowest BCUT2D eigenvalue weighted by Crippen LogP contribution is -2.51. The Morgan fingerprint density at radius 2 is 1.96 bits per heavy atom. The van der Waals surface area contributed by atoms with Crippen molar-refractivity contribution in [2.45, 2.75) is 43.7 Å². The van der Waals surface area contributed by atoms with Crippen LogP contribution in [0.15, 0.2) is 40.0 Å². The Kier molecular flexibility index (Phi) is 5.62. The van der Waals surface area contributed by atoms with Gasteiger partial charge in [-0.2, -0.15) is 5.26 Å². The van der Waals surface area contributed by atoms with Crippen LogP contribution < -0.4 is 5.32 Å². The zero-order valence-electron chi connectivity index (χ0n) is 14.1. The van der Waals surface area contributed by atoms with Gasteiger partial charge in [0.25, 0.3) is 5.22 Å². The van der Waals surface area contributed by atoms with Gasteiger partial charge in [-0.25, -0.2) is 0 Å². The van der Waals surface area contributed by atoms with Crippen LogP contribution in [0.3, 0.4) is 0 Å². The van der Waals surface area contributed by atoms with Gasteiger partial charge in [-0.15, -0.1) is 10.2 Å². The second kappa shape index (κ2) is 7.49. The van der Waals surface area contributed by atoms with Crippen LogP contribution in [0.25, 0.3) is 11.5 Å². The standard InChI is InChI=1S/C17H20N4O2S/c1-11(2)17(4,10-18)19-14(22)12(3)24-16-21-20-15(23-16)13-8-6-5-7-9-13/h5-9,11-12H,1-4H3,(H,19,22)/t12-,17-/m0/s1. The Balaban J connectivity index is 2.02. The van der Waals surface area contributed by atoms with Crippen LogP contribution in [0.1, 0.15) is 27.7 Å². The van der Waals surface area contributed by atoms with E-state index in [2.05, 4.69) is 21.6 Å². The molecular weight excluding hydrogens is 324 g/mol. The second-order valence-corrected chi connectivity index (χ2v) is 7.25. The molecule has 1 amide bonds. The molecule has 0 aliphatic rings. The fourth-order valence-corrected chi connectivity index (χ4v) is 2.50. The molecule has 0 fully saturated rings. The highest BCUT2D eigenvalue weighted by Gasteiger charge is 2.32. The topological polar surface area (TPSA) is 91.8 Å². The van der Waals surface area contributed by atoms with Gasteiger partial charge < -0.3 is 9.73 Å². The van der Waals surface area contributed by atoms with Crippen LogP contribution in [0.5, 0.6) is 0 Å². The summed E-state index contributed by atoms with van der Waals surface area (Å²) < 4.78 is 5.59. The number of carbonyl (C=O) groups is 1. The molecular formula is C17H20N4O2S. The zero-order chi connectivity index (χ0) is 17.7. The number of thioether (sulfide) groups is 1. The molecule has 2 rings (SSSR count). The van der Waals surface area contributed by atoms with Crippen molar-refractivity contribution in [3.05, 3.63) is 30.3 Å². The molecule has 1 aromatic carbocycles. The number of benzene rings is 1. The first-order valence-corrected chi connectivity index (χ1v) is 8.52. The maximum Gasteiger partial charge on any atom is 0.277 e. The van der Waals surface area contributed by atoms with E-state index in [1.807, 2.05) is 44.2 Å². The first kappa shape index (κ1) is 18.0. The summed E-state index contributed by atoms with van der Waals surface area (Å²) in [5.41, 5.74) is -0.0820. The molecule has 0 spiro atoms. The van der Waals surface area contributed by atoms with Crippen molar-refractivity contribution in [2.75, 3.05) is 0 Å². The summed E-state index contributed by atoms with van der Waals surface area (Å²) in [5.74, 6) is 0.170. The normalized spacial score (nSPS) is 14.7. The van der Waals surface area contributed by atoms with Gasteiger partial charge in [0.05, 0.1) is 11.3 Å². The number of amides is 1. The molecule has 0 aliphatic heterocycles. The van der Waals surface area contributed by atoms with Gasteiger partial charge in [-0.05, 0) is 31.9 Å². The van der Waals surface area contributed by atoms with Crippen molar-refractivity contribution < 1.29 is 9.21 Å². The minimum atomic E-state index is -0.907. The van der Waals surface area contributed by atoms with Gasteiger partial charge in [-0.1, -0.05) is 43.8 Å². The molecule has 1 aromatic heterocycles. The van der Waals surface area contributed by atoms with E-state index in [4.69, 9.17) is 4.42 Å². The summed E-state index contributed by atoms with van der Waals surface area (Å²) >= 11 is 1.17. The first-order valence-electron chi connectivity index (χ1n) is 7.64. The number of nitriles is 1. The molecule has 2 atom stereocenters. The second-order valence-electron chi connectivity index (χ2n) is 5.96. The largest absolute Gasteiger partial charge is 0.411 e. The van der Waals surface area contributed by atoms with Gasteiger partial charge in [-0.3, -0.25) is 4.79 Å². The average molecular weight is 344 g/mol. The minimum Gasteiger partial charge on any atom is -0.411 e.